The molecule has 5 nitrogen and oxygen atoms in total. The van der Waals surface area contributed by atoms with Crippen molar-refractivity contribution >= 4 is 22.6 Å². The number of fused-ring (bicyclic) bond motifs is 1. The van der Waals surface area contributed by atoms with Gasteiger partial charge in [-0.05, 0) is 66.6 Å². The maximum Gasteiger partial charge on any atom is 0.255 e. The summed E-state index contributed by atoms with van der Waals surface area (Å²) in [6.07, 6.45) is 7.76. The van der Waals surface area contributed by atoms with E-state index in [2.05, 4.69) is 39.5 Å². The molecule has 1 unspecified atom stereocenters. The molecule has 3 aromatic carbocycles. The minimum absolute atomic E-state index is 0.179. The van der Waals surface area contributed by atoms with Gasteiger partial charge in [0.25, 0.3) is 5.91 Å². The number of anilines is 1. The first kappa shape index (κ1) is 24.5. The molecule has 194 valence electrons. The lowest BCUT2D eigenvalue weighted by Crippen LogP contribution is -2.34. The number of nitrogens with one attached hydrogen (secondary N) is 1. The van der Waals surface area contributed by atoms with E-state index in [-0.39, 0.29) is 17.8 Å². The van der Waals surface area contributed by atoms with Gasteiger partial charge in [-0.2, -0.15) is 0 Å². The highest BCUT2D eigenvalue weighted by Crippen LogP contribution is 2.47. The van der Waals surface area contributed by atoms with Crippen molar-refractivity contribution in [1.82, 2.24) is 15.3 Å². The van der Waals surface area contributed by atoms with E-state index in [0.29, 0.717) is 11.5 Å². The summed E-state index contributed by atoms with van der Waals surface area (Å²) in [5.74, 6) is 0.246. The molecule has 2 heterocycles. The van der Waals surface area contributed by atoms with Gasteiger partial charge in [-0.1, -0.05) is 67.4 Å². The smallest absolute Gasteiger partial charge is 0.255 e. The third-order valence-electron chi connectivity index (χ3n) is 8.35. The number of hydrogen-bond donors (Lipinski definition) is 1. The molecule has 1 aliphatic carbocycles. The number of aromatic nitrogens is 2. The molecular weight excluding hydrogens is 475 g/mol. The number of amides is 1. The number of carbonyl (C=O) groups is 1. The first-order chi connectivity index (χ1) is 18.5. The summed E-state index contributed by atoms with van der Waals surface area (Å²) in [4.78, 5) is 25.9. The Morgan fingerprint density at radius 2 is 1.66 bits per heavy atom. The summed E-state index contributed by atoms with van der Waals surface area (Å²) in [6, 6.07) is 21.0. The van der Waals surface area contributed by atoms with E-state index in [0.717, 1.165) is 79.2 Å². The molecule has 1 amide bonds. The Balaban J connectivity index is 1.41. The van der Waals surface area contributed by atoms with Crippen molar-refractivity contribution in [2.45, 2.75) is 56.9 Å². The van der Waals surface area contributed by atoms with Gasteiger partial charge in [-0.15, -0.1) is 0 Å². The molecule has 1 N–H and O–H groups in total. The predicted molar refractivity (Wildman–Crippen MR) is 149 cm³/mol. The number of carbonyl (C=O) groups excluding carboxylic acids is 1. The molecule has 4 aromatic rings. The average Bonchev–Trinajstić information content (AvgIpc) is 3.66. The highest BCUT2D eigenvalue weighted by atomic mass is 19.1. The number of benzene rings is 3. The van der Waals surface area contributed by atoms with E-state index in [1.807, 2.05) is 37.3 Å². The Morgan fingerprint density at radius 1 is 0.947 bits per heavy atom. The standard InChI is InChI=1S/C32H33FN4O/c1-22(26-12-8-10-23-9-2-3-11-27(23)26)35-30(38)28-21-34-31(37-19-6-7-20-37)36-29(28)32(17-4-5-18-32)24-13-15-25(33)16-14-24/h2-3,8-16,21-22H,4-7,17-20H2,1H3,(H,35,38). The summed E-state index contributed by atoms with van der Waals surface area (Å²) in [5, 5.41) is 5.51. The van der Waals surface area contributed by atoms with Gasteiger partial charge < -0.3 is 10.2 Å². The van der Waals surface area contributed by atoms with Gasteiger partial charge in [0.05, 0.1) is 17.3 Å². The highest BCUT2D eigenvalue weighted by molar-refractivity contribution is 5.96. The maximum atomic E-state index is 13.9. The molecule has 1 saturated heterocycles. The van der Waals surface area contributed by atoms with Crippen molar-refractivity contribution in [3.05, 3.63) is 101 Å². The Hall–Kier alpha value is -3.80. The number of rotatable bonds is 6. The summed E-state index contributed by atoms with van der Waals surface area (Å²) >= 11 is 0. The van der Waals surface area contributed by atoms with Crippen LogP contribution >= 0.6 is 0 Å². The molecule has 0 spiro atoms. The van der Waals surface area contributed by atoms with Crippen LogP contribution in [0.15, 0.2) is 72.9 Å². The zero-order valence-corrected chi connectivity index (χ0v) is 21.8. The second-order valence-electron chi connectivity index (χ2n) is 10.7. The quantitative estimate of drug-likeness (QED) is 0.314. The van der Waals surface area contributed by atoms with Crippen LogP contribution in [0.25, 0.3) is 10.8 Å². The molecule has 2 fully saturated rings. The number of hydrogen-bond acceptors (Lipinski definition) is 4. The van der Waals surface area contributed by atoms with E-state index in [4.69, 9.17) is 4.98 Å². The monoisotopic (exact) mass is 508 g/mol. The fourth-order valence-corrected chi connectivity index (χ4v) is 6.36. The van der Waals surface area contributed by atoms with Crippen molar-refractivity contribution in [2.24, 2.45) is 0 Å². The van der Waals surface area contributed by atoms with Crippen LogP contribution in [-0.2, 0) is 5.41 Å². The Labute approximate surface area is 223 Å². The van der Waals surface area contributed by atoms with Crippen LogP contribution in [0.1, 0.15) is 78.7 Å². The highest BCUT2D eigenvalue weighted by Gasteiger charge is 2.42. The van der Waals surface area contributed by atoms with Crippen molar-refractivity contribution in [1.29, 1.82) is 0 Å². The lowest BCUT2D eigenvalue weighted by Gasteiger charge is -2.32. The van der Waals surface area contributed by atoms with Crippen LogP contribution in [0.3, 0.4) is 0 Å². The Morgan fingerprint density at radius 3 is 2.42 bits per heavy atom. The second kappa shape index (κ2) is 10.2. The minimum atomic E-state index is -0.444. The van der Waals surface area contributed by atoms with E-state index in [1.54, 1.807) is 6.20 Å². The van der Waals surface area contributed by atoms with Crippen LogP contribution in [0.5, 0.6) is 0 Å². The Bertz CT molecular complexity index is 1450. The first-order valence-electron chi connectivity index (χ1n) is 13.7. The van der Waals surface area contributed by atoms with E-state index < -0.39 is 5.41 Å². The number of nitrogens with zero attached hydrogens (tertiary/aromatic N) is 3. The summed E-state index contributed by atoms with van der Waals surface area (Å²) in [6.45, 7) is 3.86. The van der Waals surface area contributed by atoms with Crippen LogP contribution in [-0.4, -0.2) is 29.0 Å². The first-order valence-corrected chi connectivity index (χ1v) is 13.7. The summed E-state index contributed by atoms with van der Waals surface area (Å²) in [5.41, 5.74) is 2.91. The van der Waals surface area contributed by atoms with Gasteiger partial charge in [0.15, 0.2) is 0 Å². The summed E-state index contributed by atoms with van der Waals surface area (Å²) in [7, 11) is 0. The van der Waals surface area contributed by atoms with Gasteiger partial charge >= 0.3 is 0 Å². The largest absolute Gasteiger partial charge is 0.345 e. The SMILES string of the molecule is CC(NC(=O)c1cnc(N2CCCC2)nc1C1(c2ccc(F)cc2)CCCC1)c1cccc2ccccc12. The summed E-state index contributed by atoms with van der Waals surface area (Å²) < 4.78 is 13.9. The van der Waals surface area contributed by atoms with Crippen LogP contribution in [0.4, 0.5) is 10.3 Å². The van der Waals surface area contributed by atoms with Gasteiger partial charge in [0.2, 0.25) is 5.95 Å². The van der Waals surface area contributed by atoms with Crippen LogP contribution in [0, 0.1) is 5.82 Å². The van der Waals surface area contributed by atoms with Crippen LogP contribution in [0.2, 0.25) is 0 Å². The van der Waals surface area contributed by atoms with Crippen molar-refractivity contribution in [3.8, 4) is 0 Å². The van der Waals surface area contributed by atoms with Crippen molar-refractivity contribution in [3.63, 3.8) is 0 Å². The lowest BCUT2D eigenvalue weighted by atomic mass is 9.74. The molecule has 1 aromatic heterocycles. The van der Waals surface area contributed by atoms with E-state index in [1.165, 1.54) is 12.1 Å². The van der Waals surface area contributed by atoms with Gasteiger partial charge in [0.1, 0.15) is 5.82 Å². The zero-order chi connectivity index (χ0) is 26.1. The van der Waals surface area contributed by atoms with Gasteiger partial charge in [-0.25, -0.2) is 14.4 Å². The van der Waals surface area contributed by atoms with Crippen molar-refractivity contribution < 1.29 is 9.18 Å². The molecule has 38 heavy (non-hydrogen) atoms. The zero-order valence-electron chi connectivity index (χ0n) is 21.8. The predicted octanol–water partition coefficient (Wildman–Crippen LogP) is 6.72. The molecule has 1 saturated carbocycles. The second-order valence-corrected chi connectivity index (χ2v) is 10.7. The Kier molecular flexibility index (Phi) is 6.56. The average molecular weight is 509 g/mol. The molecule has 0 bridgehead atoms. The van der Waals surface area contributed by atoms with E-state index >= 15 is 0 Å². The third-order valence-corrected chi connectivity index (χ3v) is 8.35. The fraction of sp³-hybridized carbons (Fsp3) is 0.344. The molecule has 0 radical (unpaired) electrons. The normalized spacial score (nSPS) is 17.6. The fourth-order valence-electron chi connectivity index (χ4n) is 6.36. The molecule has 1 atom stereocenters. The molecule has 2 aliphatic rings. The molecule has 6 rings (SSSR count). The van der Waals surface area contributed by atoms with Gasteiger partial charge in [0, 0.05) is 24.7 Å². The topological polar surface area (TPSA) is 58.1 Å². The maximum absolute atomic E-state index is 13.9. The van der Waals surface area contributed by atoms with Crippen LogP contribution < -0.4 is 10.2 Å². The molecule has 6 heteroatoms. The third kappa shape index (κ3) is 4.42. The minimum Gasteiger partial charge on any atom is -0.345 e. The number of halogens is 1. The lowest BCUT2D eigenvalue weighted by molar-refractivity contribution is 0.0937. The van der Waals surface area contributed by atoms with Gasteiger partial charge in [-0.3, -0.25) is 4.79 Å². The van der Waals surface area contributed by atoms with Crippen molar-refractivity contribution in [2.75, 3.05) is 18.0 Å². The molecule has 1 aliphatic heterocycles. The molecular formula is C32H33FN4O. The van der Waals surface area contributed by atoms with E-state index in [9.17, 15) is 9.18 Å².